The van der Waals surface area contributed by atoms with Gasteiger partial charge in [0.2, 0.25) is 11.8 Å². The Morgan fingerprint density at radius 1 is 1.19 bits per heavy atom. The maximum absolute atomic E-state index is 13.8. The molecule has 3 N–H and O–H groups in total. The Morgan fingerprint density at radius 2 is 1.86 bits per heavy atom. The van der Waals surface area contributed by atoms with Crippen molar-refractivity contribution in [1.82, 2.24) is 15.5 Å². The number of rotatable bonds is 12. The van der Waals surface area contributed by atoms with Crippen molar-refractivity contribution in [2.45, 2.75) is 65.1 Å². The van der Waals surface area contributed by atoms with Crippen LogP contribution >= 0.6 is 11.8 Å². The Balaban J connectivity index is 3.43. The molecule has 10 nitrogen and oxygen atoms in total. The maximum Gasteiger partial charge on any atom is 0.408 e. The first-order valence-electron chi connectivity index (χ1n) is 11.8. The van der Waals surface area contributed by atoms with Crippen LogP contribution in [0.3, 0.4) is 0 Å². The lowest BCUT2D eigenvalue weighted by molar-refractivity contribution is -0.144. The number of carbonyl (C=O) groups is 4. The molecule has 0 aromatic heterocycles. The number of carbonyl (C=O) groups excluding carboxylic acids is 4. The van der Waals surface area contributed by atoms with Crippen molar-refractivity contribution in [2.75, 3.05) is 32.2 Å². The van der Waals surface area contributed by atoms with Gasteiger partial charge in [0.25, 0.3) is 0 Å². The molecule has 0 spiro atoms. The Kier molecular flexibility index (Phi) is 12.6. The molecular weight excluding hydrogens is 486 g/mol. The minimum absolute atomic E-state index is 0.0466. The van der Waals surface area contributed by atoms with Gasteiger partial charge in [-0.05, 0) is 75.8 Å². The van der Waals surface area contributed by atoms with Gasteiger partial charge in [0.15, 0.2) is 0 Å². The number of aromatic hydroxyl groups is 1. The van der Waals surface area contributed by atoms with Gasteiger partial charge < -0.3 is 30.1 Å². The van der Waals surface area contributed by atoms with Crippen LogP contribution in [-0.4, -0.2) is 77.7 Å². The van der Waals surface area contributed by atoms with Crippen LogP contribution in [0.15, 0.2) is 18.2 Å². The lowest BCUT2D eigenvalue weighted by Gasteiger charge is -2.34. The minimum Gasteiger partial charge on any atom is -0.508 e. The molecule has 2 atom stereocenters. The summed E-state index contributed by atoms with van der Waals surface area (Å²) in [4.78, 5) is 52.7. The quantitative estimate of drug-likeness (QED) is 0.355. The zero-order chi connectivity index (χ0) is 27.5. The second kappa shape index (κ2) is 14.6. The van der Waals surface area contributed by atoms with Crippen molar-refractivity contribution in [3.63, 3.8) is 0 Å². The van der Waals surface area contributed by atoms with Crippen LogP contribution in [0.4, 0.5) is 4.79 Å². The van der Waals surface area contributed by atoms with Crippen LogP contribution in [0.5, 0.6) is 5.75 Å². The second-order valence-electron chi connectivity index (χ2n) is 9.25. The summed E-state index contributed by atoms with van der Waals surface area (Å²) >= 11 is 1.52. The van der Waals surface area contributed by atoms with Gasteiger partial charge in [-0.3, -0.25) is 14.4 Å². The number of phenols is 1. The van der Waals surface area contributed by atoms with Gasteiger partial charge in [-0.2, -0.15) is 11.8 Å². The number of aryl methyl sites for hydroxylation is 1. The summed E-state index contributed by atoms with van der Waals surface area (Å²) in [6, 6.07) is 2.57. The van der Waals surface area contributed by atoms with Gasteiger partial charge in [-0.15, -0.1) is 0 Å². The number of esters is 1. The predicted molar refractivity (Wildman–Crippen MR) is 139 cm³/mol. The van der Waals surface area contributed by atoms with Gasteiger partial charge in [0.05, 0.1) is 7.11 Å². The summed E-state index contributed by atoms with van der Waals surface area (Å²) in [6.07, 6.45) is 2.02. The van der Waals surface area contributed by atoms with Gasteiger partial charge in [0, 0.05) is 6.54 Å². The molecule has 0 heterocycles. The number of ether oxygens (including phenoxy) is 2. The average molecular weight is 526 g/mol. The molecule has 1 aromatic rings. The number of methoxy groups -OCH3 is 1. The highest BCUT2D eigenvalue weighted by Gasteiger charge is 2.36. The molecule has 0 bridgehead atoms. The highest BCUT2D eigenvalue weighted by atomic mass is 32.2. The second-order valence-corrected chi connectivity index (χ2v) is 10.2. The van der Waals surface area contributed by atoms with Crippen LogP contribution in [0.25, 0.3) is 0 Å². The van der Waals surface area contributed by atoms with E-state index in [0.717, 1.165) is 0 Å². The maximum atomic E-state index is 13.8. The number of hydrogen-bond donors (Lipinski definition) is 3. The zero-order valence-corrected chi connectivity index (χ0v) is 23.0. The predicted octanol–water partition coefficient (Wildman–Crippen LogP) is 2.92. The summed E-state index contributed by atoms with van der Waals surface area (Å²) < 4.78 is 9.96. The number of alkyl carbamates (subject to hydrolysis) is 1. The molecule has 0 aliphatic carbocycles. The number of nitrogens with one attached hydrogen (secondary N) is 2. The molecule has 2 unspecified atom stereocenters. The van der Waals surface area contributed by atoms with Crippen molar-refractivity contribution in [1.29, 1.82) is 0 Å². The van der Waals surface area contributed by atoms with Crippen LogP contribution in [0.2, 0.25) is 0 Å². The summed E-state index contributed by atoms with van der Waals surface area (Å²) in [5, 5.41) is 15.2. The largest absolute Gasteiger partial charge is 0.508 e. The molecule has 11 heteroatoms. The molecule has 202 valence electrons. The molecule has 0 aliphatic heterocycles. The van der Waals surface area contributed by atoms with E-state index in [0.29, 0.717) is 29.7 Å². The topological polar surface area (TPSA) is 134 Å². The van der Waals surface area contributed by atoms with E-state index >= 15 is 0 Å². The van der Waals surface area contributed by atoms with Crippen LogP contribution < -0.4 is 10.6 Å². The summed E-state index contributed by atoms with van der Waals surface area (Å²) in [5.74, 6) is -1.05. The number of thioether (sulfide) groups is 1. The van der Waals surface area contributed by atoms with Crippen LogP contribution in [-0.2, 0) is 23.9 Å². The molecule has 0 saturated heterocycles. The smallest absolute Gasteiger partial charge is 0.408 e. The molecule has 36 heavy (non-hydrogen) atoms. The number of hydrogen-bond acceptors (Lipinski definition) is 8. The van der Waals surface area contributed by atoms with E-state index in [1.165, 1.54) is 29.8 Å². The van der Waals surface area contributed by atoms with E-state index in [-0.39, 0.29) is 18.8 Å². The van der Waals surface area contributed by atoms with E-state index in [4.69, 9.17) is 4.74 Å². The molecule has 3 amide bonds. The fourth-order valence-electron chi connectivity index (χ4n) is 3.40. The monoisotopic (exact) mass is 525 g/mol. The van der Waals surface area contributed by atoms with E-state index in [1.54, 1.807) is 39.8 Å². The highest BCUT2D eigenvalue weighted by molar-refractivity contribution is 7.98. The molecule has 0 aliphatic rings. The average Bonchev–Trinajstić information content (AvgIpc) is 2.80. The Labute approximate surface area is 217 Å². The third-order valence-corrected chi connectivity index (χ3v) is 5.72. The normalized spacial score (nSPS) is 12.8. The Morgan fingerprint density at radius 3 is 2.39 bits per heavy atom. The number of nitrogens with zero attached hydrogens (tertiary/aromatic N) is 1. The fraction of sp³-hybridized carbons (Fsp3) is 0.600. The van der Waals surface area contributed by atoms with Crippen LogP contribution in [0, 0.1) is 6.92 Å². The summed E-state index contributed by atoms with van der Waals surface area (Å²) in [6.45, 7) is 8.56. The van der Waals surface area contributed by atoms with Gasteiger partial charge in [-0.25, -0.2) is 4.79 Å². The highest BCUT2D eigenvalue weighted by Crippen LogP contribution is 2.27. The summed E-state index contributed by atoms with van der Waals surface area (Å²) in [5.41, 5.74) is 0.225. The molecule has 1 rings (SSSR count). The van der Waals surface area contributed by atoms with Crippen molar-refractivity contribution >= 4 is 35.6 Å². The molecule has 0 radical (unpaired) electrons. The molecule has 1 aromatic carbocycles. The van der Waals surface area contributed by atoms with Crippen LogP contribution in [0.1, 0.15) is 57.7 Å². The first-order chi connectivity index (χ1) is 16.8. The molecular formula is C25H39N3O7S. The third-order valence-electron chi connectivity index (χ3n) is 5.08. The van der Waals surface area contributed by atoms with E-state index < -0.39 is 41.6 Å². The number of benzene rings is 1. The number of phenolic OH excluding ortho intramolecular Hbond substituents is 1. The first kappa shape index (κ1) is 31.1. The minimum atomic E-state index is -1.11. The van der Waals surface area contributed by atoms with Gasteiger partial charge >= 0.3 is 12.1 Å². The first-order valence-corrected chi connectivity index (χ1v) is 13.2. The molecule has 0 fully saturated rings. The summed E-state index contributed by atoms with van der Waals surface area (Å²) in [7, 11) is 1.21. The van der Waals surface area contributed by atoms with Crippen molar-refractivity contribution in [2.24, 2.45) is 0 Å². The van der Waals surface area contributed by atoms with E-state index in [2.05, 4.69) is 15.4 Å². The van der Waals surface area contributed by atoms with Crippen molar-refractivity contribution < 1.29 is 33.8 Å². The van der Waals surface area contributed by atoms with Crippen molar-refractivity contribution in [3.05, 3.63) is 29.3 Å². The zero-order valence-electron chi connectivity index (χ0n) is 22.2. The molecule has 0 saturated carbocycles. The Bertz CT molecular complexity index is 917. The van der Waals surface area contributed by atoms with E-state index in [9.17, 15) is 24.3 Å². The lowest BCUT2D eigenvalue weighted by atomic mass is 9.99. The SMILES string of the molecule is CCCN(C(=O)C(CCSC)NC(=O)OC(C)(C)C)C(C(=O)NCC(=O)OC)c1ccc(O)c(C)c1. The third kappa shape index (κ3) is 9.96. The van der Waals surface area contributed by atoms with E-state index in [1.807, 2.05) is 13.2 Å². The number of amides is 3. The standard InChI is InChI=1S/C25H39N3O7S/c1-8-12-28(23(32)18(11-13-36-7)27-24(33)35-25(3,4)5)21(22(31)26-15-20(30)34-6)17-9-10-19(29)16(2)14-17/h9-10,14,18,21,29H,8,11-13,15H2,1-7H3,(H,26,31)(H,27,33). The van der Waals surface area contributed by atoms with Gasteiger partial charge in [0.1, 0.15) is 30.0 Å². The lowest BCUT2D eigenvalue weighted by Crippen LogP contribution is -2.53. The van der Waals surface area contributed by atoms with Crippen molar-refractivity contribution in [3.8, 4) is 5.75 Å². The Hall–Kier alpha value is -2.95. The van der Waals surface area contributed by atoms with Gasteiger partial charge in [-0.1, -0.05) is 13.0 Å². The fourth-order valence-corrected chi connectivity index (χ4v) is 3.87.